The Hall–Kier alpha value is -2.14. The van der Waals surface area contributed by atoms with Gasteiger partial charge in [-0.3, -0.25) is 14.5 Å². The van der Waals surface area contributed by atoms with Gasteiger partial charge in [0.05, 0.1) is 18.2 Å². The summed E-state index contributed by atoms with van der Waals surface area (Å²) in [6.07, 6.45) is 1.39. The van der Waals surface area contributed by atoms with Crippen LogP contribution in [-0.2, 0) is 11.3 Å². The summed E-state index contributed by atoms with van der Waals surface area (Å²) >= 11 is 0. The molecule has 0 fully saturated rings. The molecular formula is C13H13NO4. The van der Waals surface area contributed by atoms with Crippen molar-refractivity contribution in [3.63, 3.8) is 0 Å². The number of para-hydroxylation sites is 1. The van der Waals surface area contributed by atoms with Crippen LogP contribution in [0.1, 0.15) is 5.56 Å². The molecule has 1 aromatic carbocycles. The first-order chi connectivity index (χ1) is 8.58. The summed E-state index contributed by atoms with van der Waals surface area (Å²) in [5, 5.41) is 9.17. The number of hydrogen-bond acceptors (Lipinski definition) is 4. The summed E-state index contributed by atoms with van der Waals surface area (Å²) in [5.74, 6) is -0.928. The van der Waals surface area contributed by atoms with E-state index in [9.17, 15) is 9.59 Å². The number of carboxylic acids is 1. The lowest BCUT2D eigenvalue weighted by molar-refractivity contribution is -0.138. The molecule has 1 N–H and O–H groups in total. The maximum absolute atomic E-state index is 12.1. The van der Waals surface area contributed by atoms with Gasteiger partial charge in [-0.05, 0) is 19.2 Å². The van der Waals surface area contributed by atoms with Crippen molar-refractivity contribution in [3.8, 4) is 0 Å². The zero-order valence-corrected chi connectivity index (χ0v) is 9.92. The molecule has 2 aromatic rings. The van der Waals surface area contributed by atoms with E-state index in [0.29, 0.717) is 16.5 Å². The molecule has 0 radical (unpaired) electrons. The fourth-order valence-corrected chi connectivity index (χ4v) is 1.80. The van der Waals surface area contributed by atoms with Gasteiger partial charge in [0.1, 0.15) is 5.58 Å². The van der Waals surface area contributed by atoms with Gasteiger partial charge in [-0.15, -0.1) is 0 Å². The number of benzene rings is 1. The van der Waals surface area contributed by atoms with Crippen molar-refractivity contribution in [2.24, 2.45) is 0 Å². The summed E-state index contributed by atoms with van der Waals surface area (Å²) in [6.45, 7) is 0.131. The molecule has 0 bridgehead atoms. The molecule has 0 aliphatic rings. The van der Waals surface area contributed by atoms with Crippen LogP contribution in [0, 0.1) is 0 Å². The number of aliphatic carboxylic acids is 1. The third kappa shape index (κ3) is 2.57. The lowest BCUT2D eigenvalue weighted by Crippen LogP contribution is -2.27. The predicted molar refractivity (Wildman–Crippen MR) is 66.5 cm³/mol. The smallest absolute Gasteiger partial charge is 0.317 e. The average molecular weight is 247 g/mol. The van der Waals surface area contributed by atoms with Crippen LogP contribution in [0.4, 0.5) is 0 Å². The SMILES string of the molecule is CN(CC(=O)O)Cc1coc2ccccc2c1=O. The molecule has 0 amide bonds. The fourth-order valence-electron chi connectivity index (χ4n) is 1.80. The molecule has 2 rings (SSSR count). The van der Waals surface area contributed by atoms with Crippen LogP contribution >= 0.6 is 0 Å². The Kier molecular flexibility index (Phi) is 3.43. The molecule has 0 unspecified atom stereocenters. The summed E-state index contributed by atoms with van der Waals surface area (Å²) < 4.78 is 5.36. The average Bonchev–Trinajstić information content (AvgIpc) is 2.32. The number of fused-ring (bicyclic) bond motifs is 1. The Labute approximate surface area is 103 Å². The zero-order chi connectivity index (χ0) is 13.1. The third-order valence-corrected chi connectivity index (χ3v) is 2.60. The Morgan fingerprint density at radius 2 is 2.11 bits per heavy atom. The van der Waals surface area contributed by atoms with E-state index in [-0.39, 0.29) is 18.5 Å². The second kappa shape index (κ2) is 5.01. The molecule has 94 valence electrons. The topological polar surface area (TPSA) is 70.8 Å². The van der Waals surface area contributed by atoms with E-state index in [2.05, 4.69) is 0 Å². The monoisotopic (exact) mass is 247 g/mol. The molecule has 0 aliphatic carbocycles. The van der Waals surface area contributed by atoms with Crippen LogP contribution in [0.5, 0.6) is 0 Å². The van der Waals surface area contributed by atoms with Crippen LogP contribution in [0.3, 0.4) is 0 Å². The lowest BCUT2D eigenvalue weighted by Gasteiger charge is -2.13. The molecule has 0 aliphatic heterocycles. The van der Waals surface area contributed by atoms with Crippen molar-refractivity contribution in [2.45, 2.75) is 6.54 Å². The highest BCUT2D eigenvalue weighted by Crippen LogP contribution is 2.11. The van der Waals surface area contributed by atoms with Crippen molar-refractivity contribution in [3.05, 3.63) is 46.3 Å². The zero-order valence-electron chi connectivity index (χ0n) is 9.92. The van der Waals surface area contributed by atoms with Gasteiger partial charge < -0.3 is 9.52 Å². The van der Waals surface area contributed by atoms with E-state index in [1.807, 2.05) is 0 Å². The first-order valence-corrected chi connectivity index (χ1v) is 5.47. The van der Waals surface area contributed by atoms with E-state index in [0.717, 1.165) is 0 Å². The molecule has 0 saturated heterocycles. The molecule has 0 atom stereocenters. The van der Waals surface area contributed by atoms with E-state index >= 15 is 0 Å². The van der Waals surface area contributed by atoms with Crippen LogP contribution in [0.2, 0.25) is 0 Å². The highest BCUT2D eigenvalue weighted by molar-refractivity contribution is 5.76. The van der Waals surface area contributed by atoms with Crippen molar-refractivity contribution in [1.82, 2.24) is 4.90 Å². The molecular weight excluding hydrogens is 234 g/mol. The van der Waals surface area contributed by atoms with Gasteiger partial charge >= 0.3 is 5.97 Å². The van der Waals surface area contributed by atoms with Crippen molar-refractivity contribution < 1.29 is 14.3 Å². The molecule has 0 saturated carbocycles. The number of rotatable bonds is 4. The Balaban J connectivity index is 2.32. The van der Waals surface area contributed by atoms with E-state index in [1.54, 1.807) is 36.2 Å². The molecule has 5 heteroatoms. The minimum Gasteiger partial charge on any atom is -0.480 e. The van der Waals surface area contributed by atoms with Gasteiger partial charge in [-0.2, -0.15) is 0 Å². The maximum Gasteiger partial charge on any atom is 0.317 e. The van der Waals surface area contributed by atoms with Gasteiger partial charge in [0.15, 0.2) is 5.43 Å². The Morgan fingerprint density at radius 1 is 1.39 bits per heavy atom. The van der Waals surface area contributed by atoms with E-state index in [1.165, 1.54) is 6.26 Å². The highest BCUT2D eigenvalue weighted by atomic mass is 16.4. The standard InChI is InChI=1S/C13H13NO4/c1-14(7-12(15)16)6-9-8-18-11-5-3-2-4-10(11)13(9)17/h2-5,8H,6-7H2,1H3,(H,15,16). The first kappa shape index (κ1) is 12.3. The van der Waals surface area contributed by atoms with Gasteiger partial charge in [-0.25, -0.2) is 0 Å². The van der Waals surface area contributed by atoms with Crippen molar-refractivity contribution in [2.75, 3.05) is 13.6 Å². The Morgan fingerprint density at radius 3 is 2.83 bits per heavy atom. The number of likely N-dealkylation sites (N-methyl/N-ethyl adjacent to an activating group) is 1. The third-order valence-electron chi connectivity index (χ3n) is 2.60. The number of hydrogen-bond donors (Lipinski definition) is 1. The van der Waals surface area contributed by atoms with Gasteiger partial charge in [0.2, 0.25) is 0 Å². The minimum atomic E-state index is -0.928. The predicted octanol–water partition coefficient (Wildman–Crippen LogP) is 1.31. The van der Waals surface area contributed by atoms with Crippen LogP contribution in [-0.4, -0.2) is 29.6 Å². The molecule has 1 heterocycles. The molecule has 18 heavy (non-hydrogen) atoms. The minimum absolute atomic E-state index is 0.117. The molecule has 0 spiro atoms. The van der Waals surface area contributed by atoms with Crippen LogP contribution in [0.15, 0.2) is 39.7 Å². The number of carbonyl (C=O) groups is 1. The fraction of sp³-hybridized carbons (Fsp3) is 0.231. The summed E-state index contributed by atoms with van der Waals surface area (Å²) in [6, 6.07) is 6.98. The van der Waals surface area contributed by atoms with E-state index < -0.39 is 5.97 Å². The summed E-state index contributed by atoms with van der Waals surface area (Å²) in [7, 11) is 1.64. The molecule has 5 nitrogen and oxygen atoms in total. The van der Waals surface area contributed by atoms with Crippen LogP contribution in [0.25, 0.3) is 11.0 Å². The second-order valence-corrected chi connectivity index (χ2v) is 4.15. The van der Waals surface area contributed by atoms with E-state index in [4.69, 9.17) is 9.52 Å². The first-order valence-electron chi connectivity index (χ1n) is 5.47. The Bertz CT molecular complexity index is 632. The van der Waals surface area contributed by atoms with Crippen molar-refractivity contribution >= 4 is 16.9 Å². The largest absolute Gasteiger partial charge is 0.480 e. The highest BCUT2D eigenvalue weighted by Gasteiger charge is 2.10. The normalized spacial score (nSPS) is 11.0. The van der Waals surface area contributed by atoms with Crippen LogP contribution < -0.4 is 5.43 Å². The number of carboxylic acid groups (broad SMARTS) is 1. The van der Waals surface area contributed by atoms with Gasteiger partial charge in [-0.1, -0.05) is 12.1 Å². The number of nitrogens with zero attached hydrogens (tertiary/aromatic N) is 1. The lowest BCUT2D eigenvalue weighted by atomic mass is 10.1. The van der Waals surface area contributed by atoms with Gasteiger partial charge in [0, 0.05) is 12.1 Å². The maximum atomic E-state index is 12.1. The second-order valence-electron chi connectivity index (χ2n) is 4.15. The van der Waals surface area contributed by atoms with Crippen molar-refractivity contribution in [1.29, 1.82) is 0 Å². The quantitative estimate of drug-likeness (QED) is 0.882. The van der Waals surface area contributed by atoms with Gasteiger partial charge in [0.25, 0.3) is 0 Å². The summed E-state index contributed by atoms with van der Waals surface area (Å²) in [4.78, 5) is 24.2. The summed E-state index contributed by atoms with van der Waals surface area (Å²) in [5.41, 5.74) is 0.874. The molecule has 1 aromatic heterocycles.